The van der Waals surface area contributed by atoms with Gasteiger partial charge in [-0.3, -0.25) is 4.98 Å². The van der Waals surface area contributed by atoms with Crippen LogP contribution in [0.3, 0.4) is 0 Å². The van der Waals surface area contributed by atoms with Crippen molar-refractivity contribution < 1.29 is 9.47 Å². The number of aromatic nitrogens is 4. The van der Waals surface area contributed by atoms with Crippen LogP contribution in [0, 0.1) is 0 Å². The highest BCUT2D eigenvalue weighted by Gasteiger charge is 2.01. The molecule has 0 spiro atoms. The molecule has 2 heterocycles. The molecule has 0 saturated heterocycles. The molecule has 3 rings (SSSR count). The molecule has 134 valence electrons. The van der Waals surface area contributed by atoms with Crippen molar-refractivity contribution in [3.63, 3.8) is 0 Å². The Labute approximate surface area is 151 Å². The lowest BCUT2D eigenvalue weighted by molar-refractivity contribution is 0.331. The first-order valence-electron chi connectivity index (χ1n) is 8.17. The SMILES string of the molecule is COc1ccc(OCCNc2nncc(NCc3ccncc3)n2)cc1. The van der Waals surface area contributed by atoms with Crippen LogP contribution in [0.4, 0.5) is 11.8 Å². The number of anilines is 2. The summed E-state index contributed by atoms with van der Waals surface area (Å²) < 4.78 is 10.8. The number of nitrogens with one attached hydrogen (secondary N) is 2. The molecule has 0 unspecified atom stereocenters. The second-order valence-electron chi connectivity index (χ2n) is 5.33. The molecule has 0 aliphatic carbocycles. The lowest BCUT2D eigenvalue weighted by Gasteiger charge is -2.09. The Morgan fingerprint density at radius 1 is 0.962 bits per heavy atom. The largest absolute Gasteiger partial charge is 0.497 e. The fourth-order valence-electron chi connectivity index (χ4n) is 2.16. The lowest BCUT2D eigenvalue weighted by atomic mass is 10.3. The Balaban J connectivity index is 1.43. The molecule has 0 amide bonds. The van der Waals surface area contributed by atoms with Gasteiger partial charge in [-0.05, 0) is 42.0 Å². The van der Waals surface area contributed by atoms with E-state index in [0.717, 1.165) is 17.1 Å². The summed E-state index contributed by atoms with van der Waals surface area (Å²) in [6, 6.07) is 11.3. The van der Waals surface area contributed by atoms with Gasteiger partial charge in [0.05, 0.1) is 19.9 Å². The molecule has 0 radical (unpaired) electrons. The number of hydrogen-bond acceptors (Lipinski definition) is 8. The smallest absolute Gasteiger partial charge is 0.244 e. The predicted octanol–water partition coefficient (Wildman–Crippen LogP) is 2.38. The van der Waals surface area contributed by atoms with Crippen LogP contribution in [0.25, 0.3) is 0 Å². The Morgan fingerprint density at radius 2 is 1.73 bits per heavy atom. The third kappa shape index (κ3) is 5.30. The van der Waals surface area contributed by atoms with Gasteiger partial charge in [-0.1, -0.05) is 0 Å². The van der Waals surface area contributed by atoms with E-state index in [1.54, 1.807) is 25.7 Å². The van der Waals surface area contributed by atoms with Crippen molar-refractivity contribution in [3.8, 4) is 11.5 Å². The summed E-state index contributed by atoms with van der Waals surface area (Å²) in [5.74, 6) is 2.67. The van der Waals surface area contributed by atoms with Crippen LogP contribution >= 0.6 is 0 Å². The van der Waals surface area contributed by atoms with E-state index in [4.69, 9.17) is 9.47 Å². The van der Waals surface area contributed by atoms with Gasteiger partial charge in [0.2, 0.25) is 5.95 Å². The molecule has 8 nitrogen and oxygen atoms in total. The Bertz CT molecular complexity index is 798. The van der Waals surface area contributed by atoms with E-state index < -0.39 is 0 Å². The van der Waals surface area contributed by atoms with Crippen molar-refractivity contribution in [2.75, 3.05) is 30.9 Å². The number of ether oxygens (including phenoxy) is 2. The first-order chi connectivity index (χ1) is 12.8. The molecule has 1 aromatic carbocycles. The van der Waals surface area contributed by atoms with Crippen LogP contribution in [0.2, 0.25) is 0 Å². The van der Waals surface area contributed by atoms with Gasteiger partial charge < -0.3 is 20.1 Å². The monoisotopic (exact) mass is 352 g/mol. The van der Waals surface area contributed by atoms with Gasteiger partial charge in [-0.25, -0.2) is 0 Å². The van der Waals surface area contributed by atoms with E-state index in [1.807, 2.05) is 36.4 Å². The summed E-state index contributed by atoms with van der Waals surface area (Å²) in [5, 5.41) is 14.2. The molecular weight excluding hydrogens is 332 g/mol. The fourth-order valence-corrected chi connectivity index (χ4v) is 2.16. The highest BCUT2D eigenvalue weighted by Crippen LogP contribution is 2.16. The van der Waals surface area contributed by atoms with Crippen molar-refractivity contribution in [1.29, 1.82) is 0 Å². The normalized spacial score (nSPS) is 10.2. The zero-order chi connectivity index (χ0) is 18.0. The minimum atomic E-state index is 0.447. The Morgan fingerprint density at radius 3 is 2.50 bits per heavy atom. The van der Waals surface area contributed by atoms with Crippen molar-refractivity contribution >= 4 is 11.8 Å². The number of hydrogen-bond donors (Lipinski definition) is 2. The van der Waals surface area contributed by atoms with Crippen LogP contribution in [-0.4, -0.2) is 40.4 Å². The second kappa shape index (κ2) is 9.16. The summed E-state index contributed by atoms with van der Waals surface area (Å²) >= 11 is 0. The van der Waals surface area contributed by atoms with E-state index >= 15 is 0 Å². The average molecular weight is 352 g/mol. The van der Waals surface area contributed by atoms with E-state index in [0.29, 0.717) is 31.5 Å². The molecule has 0 bridgehead atoms. The number of pyridine rings is 1. The molecule has 2 N–H and O–H groups in total. The van der Waals surface area contributed by atoms with E-state index in [1.165, 1.54) is 0 Å². The van der Waals surface area contributed by atoms with E-state index in [-0.39, 0.29) is 0 Å². The number of nitrogens with zero attached hydrogens (tertiary/aromatic N) is 4. The summed E-state index contributed by atoms with van der Waals surface area (Å²) in [6.45, 7) is 1.67. The summed E-state index contributed by atoms with van der Waals surface area (Å²) in [7, 11) is 1.63. The average Bonchev–Trinajstić information content (AvgIpc) is 2.71. The topological polar surface area (TPSA) is 94.1 Å². The van der Waals surface area contributed by atoms with Crippen molar-refractivity contribution in [2.24, 2.45) is 0 Å². The lowest BCUT2D eigenvalue weighted by Crippen LogP contribution is -2.14. The summed E-state index contributed by atoms with van der Waals surface area (Å²) in [6.07, 6.45) is 5.09. The zero-order valence-electron chi connectivity index (χ0n) is 14.4. The quantitative estimate of drug-likeness (QED) is 0.567. The minimum Gasteiger partial charge on any atom is -0.497 e. The molecule has 0 aliphatic rings. The van der Waals surface area contributed by atoms with Gasteiger partial charge in [0.1, 0.15) is 18.1 Å². The molecule has 0 saturated carbocycles. The van der Waals surface area contributed by atoms with Crippen molar-refractivity contribution in [2.45, 2.75) is 6.54 Å². The highest BCUT2D eigenvalue weighted by atomic mass is 16.5. The molecule has 0 fully saturated rings. The highest BCUT2D eigenvalue weighted by molar-refractivity contribution is 5.37. The molecular formula is C18H20N6O2. The van der Waals surface area contributed by atoms with Crippen LogP contribution in [0.1, 0.15) is 5.56 Å². The van der Waals surface area contributed by atoms with E-state index in [2.05, 4.69) is 30.8 Å². The summed E-state index contributed by atoms with van der Waals surface area (Å²) in [4.78, 5) is 8.36. The third-order valence-corrected chi connectivity index (χ3v) is 3.50. The Hall–Kier alpha value is -3.42. The van der Waals surface area contributed by atoms with Gasteiger partial charge in [0, 0.05) is 18.9 Å². The minimum absolute atomic E-state index is 0.447. The standard InChI is InChI=1S/C18H20N6O2/c1-25-15-2-4-16(5-3-15)26-11-10-20-18-23-17(13-22-24-18)21-12-14-6-8-19-9-7-14/h2-9,13H,10-12H2,1H3,(H2,20,21,23,24). The maximum Gasteiger partial charge on any atom is 0.244 e. The first kappa shape index (κ1) is 17.4. The second-order valence-corrected chi connectivity index (χ2v) is 5.33. The van der Waals surface area contributed by atoms with Gasteiger partial charge in [0.15, 0.2) is 5.82 Å². The first-order valence-corrected chi connectivity index (χ1v) is 8.17. The zero-order valence-corrected chi connectivity index (χ0v) is 14.4. The molecule has 8 heteroatoms. The van der Waals surface area contributed by atoms with Gasteiger partial charge in [-0.2, -0.15) is 10.1 Å². The van der Waals surface area contributed by atoms with E-state index in [9.17, 15) is 0 Å². The van der Waals surface area contributed by atoms with Crippen LogP contribution in [0.5, 0.6) is 11.5 Å². The molecule has 0 atom stereocenters. The predicted molar refractivity (Wildman–Crippen MR) is 98.4 cm³/mol. The maximum atomic E-state index is 5.65. The Kier molecular flexibility index (Phi) is 6.13. The third-order valence-electron chi connectivity index (χ3n) is 3.50. The molecule has 26 heavy (non-hydrogen) atoms. The maximum absolute atomic E-state index is 5.65. The van der Waals surface area contributed by atoms with Gasteiger partial charge in [-0.15, -0.1) is 5.10 Å². The number of benzene rings is 1. The number of rotatable bonds is 9. The molecule has 3 aromatic rings. The fraction of sp³-hybridized carbons (Fsp3) is 0.222. The van der Waals surface area contributed by atoms with Gasteiger partial charge in [0.25, 0.3) is 0 Å². The van der Waals surface area contributed by atoms with Gasteiger partial charge >= 0.3 is 0 Å². The van der Waals surface area contributed by atoms with Crippen LogP contribution in [-0.2, 0) is 6.54 Å². The number of methoxy groups -OCH3 is 1. The van der Waals surface area contributed by atoms with Crippen molar-refractivity contribution in [3.05, 3.63) is 60.6 Å². The summed E-state index contributed by atoms with van der Waals surface area (Å²) in [5.41, 5.74) is 1.11. The van der Waals surface area contributed by atoms with Crippen LogP contribution in [0.15, 0.2) is 55.0 Å². The molecule has 2 aromatic heterocycles. The van der Waals surface area contributed by atoms with Crippen LogP contribution < -0.4 is 20.1 Å². The van der Waals surface area contributed by atoms with Crippen molar-refractivity contribution in [1.82, 2.24) is 20.2 Å². The molecule has 0 aliphatic heterocycles.